The third-order valence-electron chi connectivity index (χ3n) is 9.17. The molecule has 7 rings (SSSR count). The van der Waals surface area contributed by atoms with E-state index in [4.69, 9.17) is 0 Å². The first kappa shape index (κ1) is 24.7. The largest absolute Gasteiger partial charge is 0.357 e. The predicted octanol–water partition coefficient (Wildman–Crippen LogP) is 3.44. The molecule has 0 bridgehead atoms. The second-order valence-corrected chi connectivity index (χ2v) is 11.5. The van der Waals surface area contributed by atoms with E-state index in [1.807, 2.05) is 40.0 Å². The lowest BCUT2D eigenvalue weighted by atomic mass is 9.97. The fraction of sp³-hybridized carbons (Fsp3) is 0.387. The Morgan fingerprint density at radius 1 is 1.02 bits per heavy atom. The molecule has 40 heavy (non-hydrogen) atoms. The lowest BCUT2D eigenvalue weighted by molar-refractivity contribution is -0.128. The Bertz CT molecular complexity index is 1660. The van der Waals surface area contributed by atoms with Crippen molar-refractivity contribution in [2.24, 2.45) is 11.8 Å². The van der Waals surface area contributed by atoms with Crippen molar-refractivity contribution >= 4 is 22.7 Å². The summed E-state index contributed by atoms with van der Waals surface area (Å²) < 4.78 is 3.44. The second kappa shape index (κ2) is 9.15. The number of likely N-dealkylation sites (N-methyl/N-ethyl adjacent to an activating group) is 1. The highest BCUT2D eigenvalue weighted by Crippen LogP contribution is 2.56. The molecule has 1 N–H and O–H groups in total. The number of nitrogens with one attached hydrogen (secondary N) is 1. The van der Waals surface area contributed by atoms with Gasteiger partial charge in [-0.2, -0.15) is 5.10 Å². The lowest BCUT2D eigenvalue weighted by Gasteiger charge is -2.40. The smallest absolute Gasteiger partial charge is 0.265 e. The Hall–Kier alpha value is -4.27. The van der Waals surface area contributed by atoms with E-state index in [0.29, 0.717) is 39.8 Å². The van der Waals surface area contributed by atoms with Gasteiger partial charge in [0, 0.05) is 31.0 Å². The maximum Gasteiger partial charge on any atom is 0.265 e. The topological polar surface area (TPSA) is 102 Å². The molecule has 204 valence electrons. The Kier molecular flexibility index (Phi) is 5.66. The van der Waals surface area contributed by atoms with Crippen molar-refractivity contribution in [1.82, 2.24) is 29.5 Å². The van der Waals surface area contributed by atoms with Crippen molar-refractivity contribution in [3.63, 3.8) is 0 Å². The molecule has 0 spiro atoms. The van der Waals surface area contributed by atoms with Crippen molar-refractivity contribution in [1.29, 1.82) is 0 Å². The molecule has 0 aliphatic heterocycles. The fourth-order valence-corrected chi connectivity index (χ4v) is 6.91. The molecular weight excluding hydrogens is 504 g/mol. The Morgan fingerprint density at radius 2 is 1.75 bits per heavy atom. The van der Waals surface area contributed by atoms with Gasteiger partial charge in [0.25, 0.3) is 11.5 Å². The van der Waals surface area contributed by atoms with Gasteiger partial charge in [0.05, 0.1) is 22.1 Å². The van der Waals surface area contributed by atoms with Crippen LogP contribution in [0, 0.1) is 18.8 Å². The Labute approximate surface area is 231 Å². The van der Waals surface area contributed by atoms with E-state index < -0.39 is 11.6 Å². The van der Waals surface area contributed by atoms with E-state index in [2.05, 4.69) is 15.4 Å². The third-order valence-corrected chi connectivity index (χ3v) is 9.17. The van der Waals surface area contributed by atoms with Crippen LogP contribution in [0.2, 0.25) is 0 Å². The molecule has 3 aliphatic rings. The number of rotatable bonds is 7. The van der Waals surface area contributed by atoms with Crippen LogP contribution in [0.5, 0.6) is 0 Å². The van der Waals surface area contributed by atoms with Crippen LogP contribution in [0.3, 0.4) is 0 Å². The Balaban J connectivity index is 1.27. The van der Waals surface area contributed by atoms with Crippen molar-refractivity contribution in [3.8, 4) is 5.69 Å². The number of nitrogens with zero attached hydrogens (tertiary/aromatic N) is 5. The highest BCUT2D eigenvalue weighted by Gasteiger charge is 2.61. The van der Waals surface area contributed by atoms with Gasteiger partial charge >= 0.3 is 0 Å². The average molecular weight is 537 g/mol. The molecule has 9 heteroatoms. The zero-order valence-electron chi connectivity index (χ0n) is 22.7. The van der Waals surface area contributed by atoms with E-state index in [1.54, 1.807) is 55.1 Å². The number of fused-ring (bicyclic) bond motifs is 2. The number of aromatic nitrogens is 4. The number of hydrogen-bond acceptors (Lipinski definition) is 5. The highest BCUT2D eigenvalue weighted by molar-refractivity contribution is 5.98. The van der Waals surface area contributed by atoms with Gasteiger partial charge < -0.3 is 10.2 Å². The number of carbonyl (C=O) groups is 2. The summed E-state index contributed by atoms with van der Waals surface area (Å²) >= 11 is 0. The van der Waals surface area contributed by atoms with Gasteiger partial charge in [-0.05, 0) is 93.3 Å². The molecule has 2 heterocycles. The summed E-state index contributed by atoms with van der Waals surface area (Å²) in [5.74, 6) is 1.53. The second-order valence-electron chi connectivity index (χ2n) is 11.5. The van der Waals surface area contributed by atoms with Gasteiger partial charge in [0.15, 0.2) is 0 Å². The van der Waals surface area contributed by atoms with E-state index in [0.717, 1.165) is 25.7 Å². The van der Waals surface area contributed by atoms with Crippen LogP contribution in [0.25, 0.3) is 16.6 Å². The van der Waals surface area contributed by atoms with E-state index in [1.165, 1.54) is 6.42 Å². The van der Waals surface area contributed by atoms with Crippen LogP contribution >= 0.6 is 0 Å². The van der Waals surface area contributed by atoms with Crippen molar-refractivity contribution < 1.29 is 9.59 Å². The van der Waals surface area contributed by atoms with Gasteiger partial charge in [-0.3, -0.25) is 23.6 Å². The number of carbonyl (C=O) groups excluding carboxylic acids is 2. The molecule has 0 saturated heterocycles. The van der Waals surface area contributed by atoms with Crippen molar-refractivity contribution in [2.45, 2.75) is 56.7 Å². The predicted molar refractivity (Wildman–Crippen MR) is 150 cm³/mol. The molecule has 3 saturated carbocycles. The van der Waals surface area contributed by atoms with Crippen LogP contribution in [0.15, 0.2) is 71.8 Å². The monoisotopic (exact) mass is 536 g/mol. The molecule has 0 radical (unpaired) electrons. The summed E-state index contributed by atoms with van der Waals surface area (Å²) in [6.45, 7) is 1.80. The molecule has 4 atom stereocenters. The highest BCUT2D eigenvalue weighted by atomic mass is 16.2. The summed E-state index contributed by atoms with van der Waals surface area (Å²) in [6, 6.07) is 15.6. The first-order chi connectivity index (χ1) is 19.4. The van der Waals surface area contributed by atoms with Gasteiger partial charge in [0.2, 0.25) is 5.91 Å². The summed E-state index contributed by atoms with van der Waals surface area (Å²) in [7, 11) is 1.63. The van der Waals surface area contributed by atoms with Crippen LogP contribution in [0.4, 0.5) is 0 Å². The molecule has 2 unspecified atom stereocenters. The average Bonchev–Trinajstić information content (AvgIpc) is 3.80. The molecule has 2 aromatic carbocycles. The molecule has 3 fully saturated rings. The Morgan fingerprint density at radius 3 is 2.40 bits per heavy atom. The zero-order chi connectivity index (χ0) is 27.6. The maximum atomic E-state index is 14.4. The number of amides is 2. The van der Waals surface area contributed by atoms with Crippen molar-refractivity contribution in [2.75, 3.05) is 7.05 Å². The molecule has 2 aromatic heterocycles. The third kappa shape index (κ3) is 3.86. The van der Waals surface area contributed by atoms with Gasteiger partial charge in [0.1, 0.15) is 11.9 Å². The van der Waals surface area contributed by atoms with Crippen LogP contribution in [-0.4, -0.2) is 55.2 Å². The minimum atomic E-state index is -0.665. The summed E-state index contributed by atoms with van der Waals surface area (Å²) in [4.78, 5) is 47.7. The van der Waals surface area contributed by atoms with E-state index in [-0.39, 0.29) is 23.4 Å². The number of hydrogen-bond donors (Lipinski definition) is 1. The van der Waals surface area contributed by atoms with Crippen LogP contribution in [0.1, 0.15) is 48.3 Å². The summed E-state index contributed by atoms with van der Waals surface area (Å²) in [5, 5.41) is 7.88. The quantitative estimate of drug-likeness (QED) is 0.390. The normalized spacial score (nSPS) is 22.9. The number of aryl methyl sites for hydroxylation is 1. The van der Waals surface area contributed by atoms with Gasteiger partial charge in [-0.25, -0.2) is 4.98 Å². The zero-order valence-corrected chi connectivity index (χ0v) is 22.7. The summed E-state index contributed by atoms with van der Waals surface area (Å²) in [5.41, 5.74) is 1.10. The molecular formula is C31H32N6O3. The number of para-hydroxylation sites is 1. The summed E-state index contributed by atoms with van der Waals surface area (Å²) in [6.07, 6.45) is 8.25. The van der Waals surface area contributed by atoms with E-state index in [9.17, 15) is 14.4 Å². The molecule has 3 aliphatic carbocycles. The first-order valence-electron chi connectivity index (χ1n) is 14.0. The molecule has 4 aromatic rings. The van der Waals surface area contributed by atoms with E-state index >= 15 is 0 Å². The standard InChI is InChI=1S/C31H32N6O3/c1-19-34-26-7-4-3-6-25(26)30(40)36(19)23-10-8-20(9-11-23)29(39)37(24-17-21-16-22(21)18-24)27(28(38)32-2)31(12-13-31)35-15-5-14-33-35/h3-11,14-15,21-22,24,27H,12-13,16-18H2,1-2H3,(H,32,38)/t21-,22+,24?,27?. The lowest BCUT2D eigenvalue weighted by Crippen LogP contribution is -2.59. The minimum Gasteiger partial charge on any atom is -0.357 e. The first-order valence-corrected chi connectivity index (χ1v) is 14.0. The fourth-order valence-electron chi connectivity index (χ4n) is 6.91. The van der Waals surface area contributed by atoms with Crippen molar-refractivity contribution in [3.05, 3.63) is 88.7 Å². The van der Waals surface area contributed by atoms with Gasteiger partial charge in [-0.15, -0.1) is 0 Å². The van der Waals surface area contributed by atoms with Crippen LogP contribution in [-0.2, 0) is 10.3 Å². The maximum absolute atomic E-state index is 14.4. The van der Waals surface area contributed by atoms with Crippen LogP contribution < -0.4 is 10.9 Å². The SMILES string of the molecule is CNC(=O)C(N(C(=O)c1ccc(-n2c(C)nc3ccccc3c2=O)cc1)C1C[C@@H]2C[C@@H]2C1)C1(n2cccn2)CC1. The molecule has 2 amide bonds. The minimum absolute atomic E-state index is 0.000755. The number of benzene rings is 2. The molecule has 9 nitrogen and oxygen atoms in total. The van der Waals surface area contributed by atoms with Gasteiger partial charge in [-0.1, -0.05) is 12.1 Å².